The molecular formula is C19H24N4O5S. The smallest absolute Gasteiger partial charge is 0.317 e. The van der Waals surface area contributed by atoms with Gasteiger partial charge < -0.3 is 20.9 Å². The van der Waals surface area contributed by atoms with Crippen molar-refractivity contribution in [3.8, 4) is 5.75 Å². The number of amides is 1. The fraction of sp³-hybridized carbons (Fsp3) is 0.368. The second kappa shape index (κ2) is 10.5. The summed E-state index contributed by atoms with van der Waals surface area (Å²) >= 11 is 0.922. The van der Waals surface area contributed by atoms with Gasteiger partial charge in [-0.1, -0.05) is 31.5 Å². The molecule has 2 rings (SSSR count). The van der Waals surface area contributed by atoms with E-state index in [1.165, 1.54) is 0 Å². The summed E-state index contributed by atoms with van der Waals surface area (Å²) in [5.41, 5.74) is 5.31. The topological polar surface area (TPSA) is 147 Å². The maximum absolute atomic E-state index is 12.4. The molecule has 10 heteroatoms. The molecular weight excluding hydrogens is 396 g/mol. The van der Waals surface area contributed by atoms with Gasteiger partial charge in [-0.25, -0.2) is 4.98 Å². The predicted molar refractivity (Wildman–Crippen MR) is 112 cm³/mol. The maximum Gasteiger partial charge on any atom is 0.317 e. The average Bonchev–Trinajstić information content (AvgIpc) is 2.68. The number of benzene rings is 1. The summed E-state index contributed by atoms with van der Waals surface area (Å²) < 4.78 is 5.32. The summed E-state index contributed by atoms with van der Waals surface area (Å²) in [4.78, 5) is 42.6. The van der Waals surface area contributed by atoms with Crippen LogP contribution in [0.3, 0.4) is 0 Å². The SMILES string of the molecule is CCCC[C@@H](Sc1nc(N)c(NC(=O)c2ccc(OCC)cc2)c(=O)[nH]1)C(=O)O. The van der Waals surface area contributed by atoms with E-state index in [1.54, 1.807) is 24.3 Å². The number of carbonyl (C=O) groups excluding carboxylic acids is 1. The Kier molecular flexibility index (Phi) is 8.08. The lowest BCUT2D eigenvalue weighted by atomic mass is 10.2. The van der Waals surface area contributed by atoms with Crippen LogP contribution in [0.25, 0.3) is 0 Å². The highest BCUT2D eigenvalue weighted by atomic mass is 32.2. The number of carboxylic acids is 1. The molecule has 0 aliphatic rings. The maximum atomic E-state index is 12.4. The number of unbranched alkanes of at least 4 members (excludes halogenated alkanes) is 1. The van der Waals surface area contributed by atoms with Crippen molar-refractivity contribution in [2.24, 2.45) is 0 Å². The average molecular weight is 420 g/mol. The van der Waals surface area contributed by atoms with Crippen molar-refractivity contribution in [1.82, 2.24) is 9.97 Å². The molecule has 5 N–H and O–H groups in total. The fourth-order valence-corrected chi connectivity index (χ4v) is 3.42. The van der Waals surface area contributed by atoms with Gasteiger partial charge in [0.1, 0.15) is 16.7 Å². The molecule has 0 fully saturated rings. The van der Waals surface area contributed by atoms with Crippen LogP contribution < -0.4 is 21.3 Å². The van der Waals surface area contributed by atoms with Crippen molar-refractivity contribution in [3.63, 3.8) is 0 Å². The number of ether oxygens (including phenoxy) is 1. The molecule has 0 aliphatic heterocycles. The minimum atomic E-state index is -0.988. The predicted octanol–water partition coefficient (Wildman–Crippen LogP) is 2.74. The normalized spacial score (nSPS) is 11.7. The number of aromatic amines is 1. The number of nitrogens with two attached hydrogens (primary N) is 1. The molecule has 1 amide bonds. The molecule has 1 aromatic carbocycles. The third kappa shape index (κ3) is 6.24. The molecule has 1 atom stereocenters. The lowest BCUT2D eigenvalue weighted by Gasteiger charge is -2.12. The van der Waals surface area contributed by atoms with Crippen molar-refractivity contribution in [1.29, 1.82) is 0 Å². The van der Waals surface area contributed by atoms with Gasteiger partial charge in [-0.2, -0.15) is 0 Å². The number of H-pyrrole nitrogens is 1. The summed E-state index contributed by atoms with van der Waals surface area (Å²) in [6, 6.07) is 6.42. The van der Waals surface area contributed by atoms with E-state index in [0.717, 1.165) is 24.6 Å². The van der Waals surface area contributed by atoms with Crippen molar-refractivity contribution in [2.75, 3.05) is 17.7 Å². The fourth-order valence-electron chi connectivity index (χ4n) is 2.46. The van der Waals surface area contributed by atoms with Gasteiger partial charge >= 0.3 is 5.97 Å². The Morgan fingerprint density at radius 2 is 2.00 bits per heavy atom. The molecule has 1 aromatic heterocycles. The molecule has 29 heavy (non-hydrogen) atoms. The largest absolute Gasteiger partial charge is 0.494 e. The van der Waals surface area contributed by atoms with Crippen LogP contribution in [0.1, 0.15) is 43.5 Å². The van der Waals surface area contributed by atoms with E-state index >= 15 is 0 Å². The molecule has 2 aromatic rings. The van der Waals surface area contributed by atoms with Gasteiger partial charge in [0, 0.05) is 5.56 Å². The minimum absolute atomic E-state index is 0.0927. The van der Waals surface area contributed by atoms with Gasteiger partial charge in [-0.05, 0) is 37.6 Å². The number of anilines is 2. The molecule has 0 radical (unpaired) electrons. The lowest BCUT2D eigenvalue weighted by Crippen LogP contribution is -2.24. The Bertz CT molecular complexity index is 914. The molecule has 0 spiro atoms. The third-order valence-electron chi connectivity index (χ3n) is 3.94. The highest BCUT2D eigenvalue weighted by molar-refractivity contribution is 8.00. The molecule has 9 nitrogen and oxygen atoms in total. The third-order valence-corrected chi connectivity index (χ3v) is 5.08. The number of nitrogen functional groups attached to an aromatic ring is 1. The van der Waals surface area contributed by atoms with Crippen LogP contribution >= 0.6 is 11.8 Å². The lowest BCUT2D eigenvalue weighted by molar-refractivity contribution is -0.136. The summed E-state index contributed by atoms with van der Waals surface area (Å²) in [7, 11) is 0. The first-order chi connectivity index (χ1) is 13.8. The highest BCUT2D eigenvalue weighted by Gasteiger charge is 2.21. The number of nitrogens with one attached hydrogen (secondary N) is 2. The Labute approximate surface area is 172 Å². The van der Waals surface area contributed by atoms with Crippen LogP contribution in [0.4, 0.5) is 11.5 Å². The van der Waals surface area contributed by atoms with Gasteiger partial charge in [0.2, 0.25) is 0 Å². The summed E-state index contributed by atoms with van der Waals surface area (Å²) in [5.74, 6) is -1.08. The highest BCUT2D eigenvalue weighted by Crippen LogP contribution is 2.25. The number of carbonyl (C=O) groups is 2. The second-order valence-electron chi connectivity index (χ2n) is 6.13. The van der Waals surface area contributed by atoms with E-state index in [-0.39, 0.29) is 16.7 Å². The Balaban J connectivity index is 2.15. The monoisotopic (exact) mass is 420 g/mol. The number of hydrogen-bond donors (Lipinski definition) is 4. The first kappa shape index (κ1) is 22.3. The van der Waals surface area contributed by atoms with Crippen molar-refractivity contribution < 1.29 is 19.4 Å². The quantitative estimate of drug-likeness (QED) is 0.339. The minimum Gasteiger partial charge on any atom is -0.494 e. The van der Waals surface area contributed by atoms with E-state index in [2.05, 4.69) is 15.3 Å². The number of thioether (sulfide) groups is 1. The number of rotatable bonds is 10. The molecule has 0 aliphatic carbocycles. The zero-order valence-corrected chi connectivity index (χ0v) is 17.0. The zero-order valence-electron chi connectivity index (χ0n) is 16.2. The van der Waals surface area contributed by atoms with Crippen LogP contribution in [0.2, 0.25) is 0 Å². The standard InChI is InChI=1S/C19H24N4O5S/c1-3-5-6-13(18(26)27)29-19-22-15(20)14(17(25)23-19)21-16(24)11-7-9-12(10-8-11)28-4-2/h7-10,13H,3-6H2,1-2H3,(H,21,24)(H,26,27)(H3,20,22,23,25)/t13-/m1/s1. The molecule has 0 unspecified atom stereocenters. The van der Waals surface area contributed by atoms with E-state index in [1.807, 2.05) is 13.8 Å². The second-order valence-corrected chi connectivity index (χ2v) is 7.32. The van der Waals surface area contributed by atoms with E-state index < -0.39 is 22.7 Å². The molecule has 1 heterocycles. The first-order valence-electron chi connectivity index (χ1n) is 9.19. The number of hydrogen-bond acceptors (Lipinski definition) is 7. The summed E-state index contributed by atoms with van der Waals surface area (Å²) in [5, 5.41) is 11.1. The van der Waals surface area contributed by atoms with E-state index in [9.17, 15) is 19.5 Å². The Morgan fingerprint density at radius 3 is 2.55 bits per heavy atom. The van der Waals surface area contributed by atoms with Crippen molar-refractivity contribution >= 4 is 35.1 Å². The van der Waals surface area contributed by atoms with E-state index in [4.69, 9.17) is 10.5 Å². The van der Waals surface area contributed by atoms with Gasteiger partial charge in [-0.3, -0.25) is 19.4 Å². The molecule has 0 saturated heterocycles. The van der Waals surface area contributed by atoms with Crippen molar-refractivity contribution in [3.05, 3.63) is 40.2 Å². The van der Waals surface area contributed by atoms with Crippen LogP contribution in [0, 0.1) is 0 Å². The van der Waals surface area contributed by atoms with Gasteiger partial charge in [-0.15, -0.1) is 0 Å². The van der Waals surface area contributed by atoms with E-state index in [0.29, 0.717) is 24.3 Å². The summed E-state index contributed by atoms with van der Waals surface area (Å²) in [6.45, 7) is 4.32. The number of carboxylic acid groups (broad SMARTS) is 1. The molecule has 0 bridgehead atoms. The zero-order chi connectivity index (χ0) is 21.4. The van der Waals surface area contributed by atoms with Crippen molar-refractivity contribution in [2.45, 2.75) is 43.5 Å². The molecule has 156 valence electrons. The van der Waals surface area contributed by atoms with Gasteiger partial charge in [0.25, 0.3) is 11.5 Å². The molecule has 0 saturated carbocycles. The number of aromatic nitrogens is 2. The van der Waals surface area contributed by atoms with Gasteiger partial charge in [0.05, 0.1) is 6.61 Å². The van der Waals surface area contributed by atoms with Gasteiger partial charge in [0.15, 0.2) is 11.0 Å². The van der Waals surface area contributed by atoms with Crippen LogP contribution in [0.15, 0.2) is 34.2 Å². The van der Waals surface area contributed by atoms with Crippen LogP contribution in [0.5, 0.6) is 5.75 Å². The first-order valence-corrected chi connectivity index (χ1v) is 10.1. The summed E-state index contributed by atoms with van der Waals surface area (Å²) in [6.07, 6.45) is 2.03. The van der Waals surface area contributed by atoms with Crippen LogP contribution in [-0.2, 0) is 4.79 Å². The Hall–Kier alpha value is -3.01. The Morgan fingerprint density at radius 1 is 1.31 bits per heavy atom. The van der Waals surface area contributed by atoms with Crippen LogP contribution in [-0.4, -0.2) is 38.8 Å². The number of aliphatic carboxylic acids is 1. The number of nitrogens with zero attached hydrogens (tertiary/aromatic N) is 1.